The van der Waals surface area contributed by atoms with E-state index in [1.165, 1.54) is 19.3 Å². The number of aromatic nitrogens is 3. The number of hydrogen-bond acceptors (Lipinski definition) is 2. The Labute approximate surface area is 73.8 Å². The first kappa shape index (κ1) is 9.23. The lowest BCUT2D eigenvalue weighted by molar-refractivity contribution is 0.609. The number of nitrogens with zero attached hydrogens (tertiary/aromatic N) is 3. The van der Waals surface area contributed by atoms with Gasteiger partial charge in [0.15, 0.2) is 0 Å². The van der Waals surface area contributed by atoms with Crippen molar-refractivity contribution in [2.24, 2.45) is 7.05 Å². The zero-order valence-electron chi connectivity index (χ0n) is 8.12. The van der Waals surface area contributed by atoms with Crippen molar-refractivity contribution in [3.63, 3.8) is 0 Å². The van der Waals surface area contributed by atoms with Crippen molar-refractivity contribution in [3.05, 3.63) is 11.9 Å². The molecule has 1 aromatic rings. The fourth-order valence-corrected chi connectivity index (χ4v) is 1.25. The van der Waals surface area contributed by atoms with Gasteiger partial charge in [-0.25, -0.2) is 0 Å². The molecule has 0 N–H and O–H groups in total. The molecule has 0 radical (unpaired) electrons. The molecule has 68 valence electrons. The van der Waals surface area contributed by atoms with Crippen molar-refractivity contribution >= 4 is 0 Å². The van der Waals surface area contributed by atoms with Gasteiger partial charge in [0, 0.05) is 19.2 Å². The molecule has 3 nitrogen and oxygen atoms in total. The summed E-state index contributed by atoms with van der Waals surface area (Å²) in [7, 11) is 1.91. The number of aryl methyl sites for hydroxylation is 1. The Bertz CT molecular complexity index is 229. The first-order chi connectivity index (χ1) is 5.74. The molecule has 0 aliphatic heterocycles. The van der Waals surface area contributed by atoms with Crippen molar-refractivity contribution < 1.29 is 0 Å². The molecule has 3 heteroatoms. The molecule has 1 heterocycles. The molecule has 0 aliphatic carbocycles. The fourth-order valence-electron chi connectivity index (χ4n) is 1.25. The zero-order chi connectivity index (χ0) is 8.97. The molecule has 1 unspecified atom stereocenters. The van der Waals surface area contributed by atoms with E-state index in [4.69, 9.17) is 0 Å². The van der Waals surface area contributed by atoms with Gasteiger partial charge in [0.2, 0.25) is 0 Å². The van der Waals surface area contributed by atoms with Crippen molar-refractivity contribution in [3.8, 4) is 0 Å². The van der Waals surface area contributed by atoms with Gasteiger partial charge in [-0.05, 0) is 6.42 Å². The highest BCUT2D eigenvalue weighted by Gasteiger charge is 2.07. The van der Waals surface area contributed by atoms with Gasteiger partial charge in [-0.1, -0.05) is 31.9 Å². The van der Waals surface area contributed by atoms with E-state index in [1.807, 2.05) is 13.2 Å². The summed E-state index contributed by atoms with van der Waals surface area (Å²) in [6, 6.07) is 0. The van der Waals surface area contributed by atoms with Crippen LogP contribution in [0, 0.1) is 0 Å². The zero-order valence-corrected chi connectivity index (χ0v) is 8.12. The average Bonchev–Trinajstić information content (AvgIpc) is 2.47. The Morgan fingerprint density at radius 3 is 2.83 bits per heavy atom. The topological polar surface area (TPSA) is 30.7 Å². The second-order valence-electron chi connectivity index (χ2n) is 3.36. The van der Waals surface area contributed by atoms with Crippen LogP contribution in [-0.4, -0.2) is 15.0 Å². The Balaban J connectivity index is 2.47. The minimum absolute atomic E-state index is 0.554. The van der Waals surface area contributed by atoms with Crippen LogP contribution in [0.2, 0.25) is 0 Å². The molecule has 0 amide bonds. The van der Waals surface area contributed by atoms with Gasteiger partial charge in [0.25, 0.3) is 0 Å². The van der Waals surface area contributed by atoms with E-state index in [-0.39, 0.29) is 0 Å². The summed E-state index contributed by atoms with van der Waals surface area (Å²) in [5.41, 5.74) is 1.12. The SMILES string of the molecule is CCCCC(C)c1cn(C)nn1. The van der Waals surface area contributed by atoms with Gasteiger partial charge in [0.1, 0.15) is 0 Å². The van der Waals surface area contributed by atoms with Crippen LogP contribution in [0.15, 0.2) is 6.20 Å². The van der Waals surface area contributed by atoms with Crippen LogP contribution < -0.4 is 0 Å². The van der Waals surface area contributed by atoms with Crippen molar-refractivity contribution in [2.75, 3.05) is 0 Å². The quantitative estimate of drug-likeness (QED) is 0.687. The molecule has 0 spiro atoms. The lowest BCUT2D eigenvalue weighted by Crippen LogP contribution is -1.93. The van der Waals surface area contributed by atoms with Crippen molar-refractivity contribution in [1.82, 2.24) is 15.0 Å². The van der Waals surface area contributed by atoms with Gasteiger partial charge >= 0.3 is 0 Å². The van der Waals surface area contributed by atoms with E-state index in [9.17, 15) is 0 Å². The van der Waals surface area contributed by atoms with Crippen LogP contribution in [0.25, 0.3) is 0 Å². The molecule has 0 aliphatic rings. The van der Waals surface area contributed by atoms with E-state index in [1.54, 1.807) is 4.68 Å². The van der Waals surface area contributed by atoms with Gasteiger partial charge in [-0.2, -0.15) is 0 Å². The molecular weight excluding hydrogens is 150 g/mol. The molecule has 0 fully saturated rings. The summed E-state index contributed by atoms with van der Waals surface area (Å²) >= 11 is 0. The lowest BCUT2D eigenvalue weighted by atomic mass is 10.0. The molecule has 0 aromatic carbocycles. The van der Waals surface area contributed by atoms with Gasteiger partial charge in [-0.3, -0.25) is 4.68 Å². The third kappa shape index (κ3) is 2.32. The van der Waals surface area contributed by atoms with E-state index in [2.05, 4.69) is 24.2 Å². The normalized spacial score (nSPS) is 13.2. The predicted octanol–water partition coefficient (Wildman–Crippen LogP) is 2.11. The summed E-state index contributed by atoms with van der Waals surface area (Å²) in [6.45, 7) is 4.42. The number of unbranched alkanes of at least 4 members (excludes halogenated alkanes) is 1. The van der Waals surface area contributed by atoms with Gasteiger partial charge in [-0.15, -0.1) is 5.10 Å². The van der Waals surface area contributed by atoms with Crippen LogP contribution in [-0.2, 0) is 7.05 Å². The van der Waals surface area contributed by atoms with Gasteiger partial charge in [0.05, 0.1) is 5.69 Å². The minimum atomic E-state index is 0.554. The first-order valence-corrected chi connectivity index (χ1v) is 4.60. The second-order valence-corrected chi connectivity index (χ2v) is 3.36. The summed E-state index contributed by atoms with van der Waals surface area (Å²) < 4.78 is 1.76. The van der Waals surface area contributed by atoms with E-state index in [0.29, 0.717) is 5.92 Å². The molecule has 1 rings (SSSR count). The number of rotatable bonds is 4. The molecule has 0 bridgehead atoms. The predicted molar refractivity (Wildman–Crippen MR) is 48.9 cm³/mol. The van der Waals surface area contributed by atoms with E-state index >= 15 is 0 Å². The standard InChI is InChI=1S/C9H17N3/c1-4-5-6-8(2)9-7-12(3)11-10-9/h7-8H,4-6H2,1-3H3. The van der Waals surface area contributed by atoms with Crippen molar-refractivity contribution in [2.45, 2.75) is 39.0 Å². The highest BCUT2D eigenvalue weighted by Crippen LogP contribution is 2.18. The smallest absolute Gasteiger partial charge is 0.0855 e. The molecule has 12 heavy (non-hydrogen) atoms. The highest BCUT2D eigenvalue weighted by molar-refractivity contribution is 4.99. The van der Waals surface area contributed by atoms with Gasteiger partial charge < -0.3 is 0 Å². The van der Waals surface area contributed by atoms with E-state index < -0.39 is 0 Å². The summed E-state index contributed by atoms with van der Waals surface area (Å²) in [5.74, 6) is 0.554. The Morgan fingerprint density at radius 1 is 1.58 bits per heavy atom. The first-order valence-electron chi connectivity index (χ1n) is 4.60. The molecule has 0 saturated carbocycles. The number of hydrogen-bond donors (Lipinski definition) is 0. The fraction of sp³-hybridized carbons (Fsp3) is 0.778. The molecule has 1 atom stereocenters. The average molecular weight is 167 g/mol. The molecule has 0 saturated heterocycles. The van der Waals surface area contributed by atoms with E-state index in [0.717, 1.165) is 5.69 Å². The summed E-state index contributed by atoms with van der Waals surface area (Å²) in [5, 5.41) is 7.99. The maximum atomic E-state index is 4.08. The minimum Gasteiger partial charge on any atom is -0.255 e. The van der Waals surface area contributed by atoms with Crippen LogP contribution in [0.3, 0.4) is 0 Å². The lowest BCUT2D eigenvalue weighted by Gasteiger charge is -2.04. The maximum absolute atomic E-state index is 4.08. The summed E-state index contributed by atoms with van der Waals surface area (Å²) in [4.78, 5) is 0. The Morgan fingerprint density at radius 2 is 2.33 bits per heavy atom. The van der Waals surface area contributed by atoms with Crippen LogP contribution in [0.4, 0.5) is 0 Å². The monoisotopic (exact) mass is 167 g/mol. The highest BCUT2D eigenvalue weighted by atomic mass is 15.4. The third-order valence-corrected chi connectivity index (χ3v) is 2.12. The largest absolute Gasteiger partial charge is 0.255 e. The summed E-state index contributed by atoms with van der Waals surface area (Å²) in [6.07, 6.45) is 5.75. The Kier molecular flexibility index (Phi) is 3.26. The van der Waals surface area contributed by atoms with Crippen LogP contribution >= 0.6 is 0 Å². The van der Waals surface area contributed by atoms with Crippen LogP contribution in [0.5, 0.6) is 0 Å². The van der Waals surface area contributed by atoms with Crippen LogP contribution in [0.1, 0.15) is 44.7 Å². The Hall–Kier alpha value is -0.860. The molecular formula is C9H17N3. The third-order valence-electron chi connectivity index (χ3n) is 2.12. The second kappa shape index (κ2) is 4.24. The molecule has 1 aromatic heterocycles. The maximum Gasteiger partial charge on any atom is 0.0855 e. The van der Waals surface area contributed by atoms with Crippen molar-refractivity contribution in [1.29, 1.82) is 0 Å².